The highest BCUT2D eigenvalue weighted by atomic mass is 35.5. The summed E-state index contributed by atoms with van der Waals surface area (Å²) in [5, 5.41) is 9.98. The molecule has 0 saturated heterocycles. The Labute approximate surface area is 167 Å². The number of rotatable bonds is 5. The third kappa shape index (κ3) is 3.65. The first kappa shape index (κ1) is 17.9. The third-order valence-corrected chi connectivity index (χ3v) is 5.07. The average molecular weight is 397 g/mol. The van der Waals surface area contributed by atoms with Crippen molar-refractivity contribution in [1.29, 1.82) is 0 Å². The predicted molar refractivity (Wildman–Crippen MR) is 117 cm³/mol. The summed E-state index contributed by atoms with van der Waals surface area (Å²) in [7, 11) is 0. The molecule has 6 heteroatoms. The number of benzene rings is 3. The standard InChI is InChI=1S/C21H18Cl2N4/c22-17-7-5-14(12-18(17)23)26-13-6-8-20-16(11-13)21(25-10-9-24)15-3-1-2-4-19(15)27-20/h1-8,11-12,26H,9-10,24H2,(H,25,27). The normalized spacial score (nSPS) is 11.1. The Bertz CT molecular complexity index is 1130. The molecule has 0 atom stereocenters. The second-order valence-corrected chi connectivity index (χ2v) is 7.02. The SMILES string of the molecule is NCCNc1c2ccccc2nc2ccc(Nc3ccc(Cl)c(Cl)c3)cc12. The highest BCUT2D eigenvalue weighted by molar-refractivity contribution is 6.42. The van der Waals surface area contributed by atoms with Crippen LogP contribution in [-0.4, -0.2) is 18.1 Å². The minimum Gasteiger partial charge on any atom is -0.383 e. The van der Waals surface area contributed by atoms with Crippen molar-refractivity contribution >= 4 is 62.1 Å². The highest BCUT2D eigenvalue weighted by Crippen LogP contribution is 2.33. The van der Waals surface area contributed by atoms with Crippen LogP contribution >= 0.6 is 23.2 Å². The lowest BCUT2D eigenvalue weighted by Gasteiger charge is -2.14. The molecule has 27 heavy (non-hydrogen) atoms. The van der Waals surface area contributed by atoms with Gasteiger partial charge in [0.25, 0.3) is 0 Å². The fourth-order valence-corrected chi connectivity index (χ4v) is 3.40. The summed E-state index contributed by atoms with van der Waals surface area (Å²) >= 11 is 12.1. The molecule has 0 aliphatic rings. The summed E-state index contributed by atoms with van der Waals surface area (Å²) < 4.78 is 0. The number of fused-ring (bicyclic) bond motifs is 2. The lowest BCUT2D eigenvalue weighted by atomic mass is 10.1. The zero-order valence-electron chi connectivity index (χ0n) is 14.5. The van der Waals surface area contributed by atoms with E-state index in [9.17, 15) is 0 Å². The van der Waals surface area contributed by atoms with Crippen molar-refractivity contribution in [3.05, 3.63) is 70.7 Å². The van der Waals surface area contributed by atoms with E-state index in [1.54, 1.807) is 12.1 Å². The minimum absolute atomic E-state index is 0.514. The Hall–Kier alpha value is -2.53. The maximum atomic E-state index is 6.12. The van der Waals surface area contributed by atoms with Crippen LogP contribution in [0.4, 0.5) is 17.1 Å². The summed E-state index contributed by atoms with van der Waals surface area (Å²) in [6.07, 6.45) is 0. The maximum Gasteiger partial charge on any atom is 0.0732 e. The van der Waals surface area contributed by atoms with Gasteiger partial charge in [0, 0.05) is 35.2 Å². The summed E-state index contributed by atoms with van der Waals surface area (Å²) in [6, 6.07) is 19.7. The Kier molecular flexibility index (Phi) is 5.03. The molecule has 4 nitrogen and oxygen atoms in total. The van der Waals surface area contributed by atoms with Gasteiger partial charge in [0.05, 0.1) is 26.8 Å². The molecule has 0 fully saturated rings. The van der Waals surface area contributed by atoms with Gasteiger partial charge in [-0.2, -0.15) is 0 Å². The van der Waals surface area contributed by atoms with Crippen LogP contribution < -0.4 is 16.4 Å². The van der Waals surface area contributed by atoms with E-state index in [4.69, 9.17) is 33.9 Å². The minimum atomic E-state index is 0.514. The van der Waals surface area contributed by atoms with E-state index in [1.807, 2.05) is 36.4 Å². The van der Waals surface area contributed by atoms with Crippen LogP contribution in [0.25, 0.3) is 21.8 Å². The zero-order valence-corrected chi connectivity index (χ0v) is 16.0. The lowest BCUT2D eigenvalue weighted by Crippen LogP contribution is -2.13. The number of hydrogen-bond donors (Lipinski definition) is 3. The maximum absolute atomic E-state index is 6.12. The van der Waals surface area contributed by atoms with Gasteiger partial charge in [0.1, 0.15) is 0 Å². The van der Waals surface area contributed by atoms with Crippen molar-refractivity contribution < 1.29 is 0 Å². The van der Waals surface area contributed by atoms with E-state index >= 15 is 0 Å². The molecule has 1 heterocycles. The van der Waals surface area contributed by atoms with Gasteiger partial charge in [-0.05, 0) is 42.5 Å². The van der Waals surface area contributed by atoms with Crippen LogP contribution in [0.3, 0.4) is 0 Å². The van der Waals surface area contributed by atoms with Crippen LogP contribution in [0, 0.1) is 0 Å². The fourth-order valence-electron chi connectivity index (χ4n) is 3.10. The predicted octanol–water partition coefficient (Wildman–Crippen LogP) is 5.81. The van der Waals surface area contributed by atoms with Crippen molar-refractivity contribution in [2.24, 2.45) is 5.73 Å². The largest absolute Gasteiger partial charge is 0.383 e. The van der Waals surface area contributed by atoms with Crippen LogP contribution in [0.15, 0.2) is 60.7 Å². The second kappa shape index (κ2) is 7.61. The lowest BCUT2D eigenvalue weighted by molar-refractivity contribution is 1.03. The number of halogens is 2. The molecular formula is C21H18Cl2N4. The van der Waals surface area contributed by atoms with Gasteiger partial charge in [-0.3, -0.25) is 0 Å². The molecule has 4 N–H and O–H groups in total. The molecule has 0 aliphatic heterocycles. The van der Waals surface area contributed by atoms with Crippen molar-refractivity contribution in [1.82, 2.24) is 4.98 Å². The summed E-state index contributed by atoms with van der Waals surface area (Å²) in [5.41, 5.74) is 10.4. The Morgan fingerprint density at radius 1 is 0.815 bits per heavy atom. The summed E-state index contributed by atoms with van der Waals surface area (Å²) in [6.45, 7) is 1.24. The molecule has 0 amide bonds. The highest BCUT2D eigenvalue weighted by Gasteiger charge is 2.10. The van der Waals surface area contributed by atoms with Crippen LogP contribution in [0.5, 0.6) is 0 Å². The molecule has 0 aliphatic carbocycles. The van der Waals surface area contributed by atoms with Gasteiger partial charge in [0.15, 0.2) is 0 Å². The van der Waals surface area contributed by atoms with E-state index < -0.39 is 0 Å². The van der Waals surface area contributed by atoms with Gasteiger partial charge >= 0.3 is 0 Å². The third-order valence-electron chi connectivity index (χ3n) is 4.33. The molecule has 3 aromatic carbocycles. The Morgan fingerprint density at radius 3 is 2.37 bits per heavy atom. The number of anilines is 3. The summed E-state index contributed by atoms with van der Waals surface area (Å²) in [5.74, 6) is 0. The van der Waals surface area contributed by atoms with E-state index in [-0.39, 0.29) is 0 Å². The van der Waals surface area contributed by atoms with E-state index in [2.05, 4.69) is 22.8 Å². The van der Waals surface area contributed by atoms with Crippen molar-refractivity contribution in [2.45, 2.75) is 0 Å². The molecule has 0 bridgehead atoms. The number of pyridine rings is 1. The zero-order chi connectivity index (χ0) is 18.8. The van der Waals surface area contributed by atoms with Gasteiger partial charge in [-0.1, -0.05) is 41.4 Å². The van der Waals surface area contributed by atoms with Crippen molar-refractivity contribution in [2.75, 3.05) is 23.7 Å². The van der Waals surface area contributed by atoms with Crippen LogP contribution in [0.1, 0.15) is 0 Å². The number of para-hydroxylation sites is 1. The number of nitrogens with two attached hydrogens (primary N) is 1. The molecular weight excluding hydrogens is 379 g/mol. The topological polar surface area (TPSA) is 63.0 Å². The van der Waals surface area contributed by atoms with E-state index in [0.29, 0.717) is 23.1 Å². The number of nitrogens with zero attached hydrogens (tertiary/aromatic N) is 1. The molecule has 4 aromatic rings. The van der Waals surface area contributed by atoms with Crippen LogP contribution in [0.2, 0.25) is 10.0 Å². The van der Waals surface area contributed by atoms with Gasteiger partial charge in [-0.15, -0.1) is 0 Å². The molecule has 136 valence electrons. The Morgan fingerprint density at radius 2 is 1.56 bits per heavy atom. The molecule has 0 spiro atoms. The molecule has 0 unspecified atom stereocenters. The fraction of sp³-hybridized carbons (Fsp3) is 0.0952. The monoisotopic (exact) mass is 396 g/mol. The Balaban J connectivity index is 1.82. The molecule has 4 rings (SSSR count). The first-order valence-electron chi connectivity index (χ1n) is 8.64. The van der Waals surface area contributed by atoms with Gasteiger partial charge in [0.2, 0.25) is 0 Å². The quantitative estimate of drug-likeness (QED) is 0.372. The molecule has 0 radical (unpaired) electrons. The van der Waals surface area contributed by atoms with Crippen LogP contribution in [-0.2, 0) is 0 Å². The van der Waals surface area contributed by atoms with Gasteiger partial charge in [-0.25, -0.2) is 4.98 Å². The van der Waals surface area contributed by atoms with Crippen molar-refractivity contribution in [3.63, 3.8) is 0 Å². The number of nitrogens with one attached hydrogen (secondary N) is 2. The van der Waals surface area contributed by atoms with Gasteiger partial charge < -0.3 is 16.4 Å². The summed E-state index contributed by atoms with van der Waals surface area (Å²) in [4.78, 5) is 4.78. The average Bonchev–Trinajstić information content (AvgIpc) is 2.68. The first-order chi connectivity index (χ1) is 13.2. The molecule has 1 aromatic heterocycles. The first-order valence-corrected chi connectivity index (χ1v) is 9.40. The number of hydrogen-bond acceptors (Lipinski definition) is 4. The second-order valence-electron chi connectivity index (χ2n) is 6.21. The number of aromatic nitrogens is 1. The van der Waals surface area contributed by atoms with E-state index in [0.717, 1.165) is 38.9 Å². The smallest absolute Gasteiger partial charge is 0.0732 e. The van der Waals surface area contributed by atoms with Crippen molar-refractivity contribution in [3.8, 4) is 0 Å². The van der Waals surface area contributed by atoms with E-state index in [1.165, 1.54) is 0 Å². The molecule has 0 saturated carbocycles.